The number of rotatable bonds is 3. The maximum Gasteiger partial charge on any atom is 0.330 e. The molecule has 2 heterocycles. The van der Waals surface area contributed by atoms with Gasteiger partial charge in [0, 0.05) is 25.2 Å². The fraction of sp³-hybridized carbons (Fsp3) is 0.308. The fourth-order valence-electron chi connectivity index (χ4n) is 1.78. The van der Waals surface area contributed by atoms with E-state index in [9.17, 15) is 9.59 Å². The van der Waals surface area contributed by atoms with Gasteiger partial charge >= 0.3 is 5.97 Å². The van der Waals surface area contributed by atoms with Crippen molar-refractivity contribution in [2.24, 2.45) is 0 Å². The number of ether oxygens (including phenoxy) is 1. The van der Waals surface area contributed by atoms with E-state index in [0.29, 0.717) is 12.2 Å². The van der Waals surface area contributed by atoms with Gasteiger partial charge in [-0.2, -0.15) is 0 Å². The minimum absolute atomic E-state index is 0.111. The van der Waals surface area contributed by atoms with E-state index in [4.69, 9.17) is 0 Å². The molecule has 18 heavy (non-hydrogen) atoms. The largest absolute Gasteiger partial charge is 0.466 e. The molecule has 5 heteroatoms. The number of amides is 1. The molecule has 1 aliphatic rings. The Balaban J connectivity index is 2.08. The lowest BCUT2D eigenvalue weighted by Crippen LogP contribution is -2.24. The molecular weight excluding hydrogens is 232 g/mol. The molecule has 0 spiro atoms. The Kier molecular flexibility index (Phi) is 3.72. The summed E-state index contributed by atoms with van der Waals surface area (Å²) in [7, 11) is 1.33. The Morgan fingerprint density at radius 3 is 2.89 bits per heavy atom. The molecule has 94 valence electrons. The summed E-state index contributed by atoms with van der Waals surface area (Å²) >= 11 is 0. The lowest BCUT2D eigenvalue weighted by atomic mass is 10.2. The zero-order valence-corrected chi connectivity index (χ0v) is 10.1. The van der Waals surface area contributed by atoms with Crippen LogP contribution >= 0.6 is 0 Å². The third kappa shape index (κ3) is 2.74. The Labute approximate surface area is 105 Å². The quantitative estimate of drug-likeness (QED) is 0.597. The van der Waals surface area contributed by atoms with Crippen molar-refractivity contribution in [1.82, 2.24) is 4.98 Å². The molecule has 1 aliphatic heterocycles. The van der Waals surface area contributed by atoms with E-state index in [0.717, 1.165) is 18.5 Å². The molecule has 5 nitrogen and oxygen atoms in total. The minimum Gasteiger partial charge on any atom is -0.466 e. The number of methoxy groups -OCH3 is 1. The molecule has 1 fully saturated rings. The lowest BCUT2D eigenvalue weighted by molar-refractivity contribution is -0.134. The summed E-state index contributed by atoms with van der Waals surface area (Å²) in [6, 6.07) is 3.59. The highest BCUT2D eigenvalue weighted by atomic mass is 16.5. The first-order chi connectivity index (χ1) is 8.70. The maximum absolute atomic E-state index is 11.5. The third-order valence-electron chi connectivity index (χ3n) is 2.73. The first-order valence-corrected chi connectivity index (χ1v) is 5.73. The van der Waals surface area contributed by atoms with E-state index >= 15 is 0 Å². The molecular formula is C13H14N2O3. The predicted molar refractivity (Wildman–Crippen MR) is 66.9 cm³/mol. The van der Waals surface area contributed by atoms with Crippen molar-refractivity contribution in [3.8, 4) is 0 Å². The Bertz CT molecular complexity index is 480. The smallest absolute Gasteiger partial charge is 0.330 e. The molecule has 1 saturated heterocycles. The summed E-state index contributed by atoms with van der Waals surface area (Å²) < 4.78 is 4.49. The van der Waals surface area contributed by atoms with Gasteiger partial charge in [-0.3, -0.25) is 9.69 Å². The molecule has 0 radical (unpaired) electrons. The van der Waals surface area contributed by atoms with Crippen LogP contribution < -0.4 is 4.90 Å². The number of anilines is 1. The van der Waals surface area contributed by atoms with Gasteiger partial charge in [0.15, 0.2) is 0 Å². The molecule has 0 N–H and O–H groups in total. The molecule has 0 unspecified atom stereocenters. The van der Waals surface area contributed by atoms with Crippen molar-refractivity contribution < 1.29 is 14.3 Å². The number of nitrogens with zero attached hydrogens (tertiary/aromatic N) is 2. The van der Waals surface area contributed by atoms with Gasteiger partial charge in [-0.15, -0.1) is 0 Å². The number of carbonyl (C=O) groups is 2. The van der Waals surface area contributed by atoms with E-state index in [1.807, 2.05) is 6.07 Å². The average molecular weight is 246 g/mol. The second-order valence-corrected chi connectivity index (χ2v) is 3.96. The van der Waals surface area contributed by atoms with Crippen molar-refractivity contribution in [2.75, 3.05) is 18.6 Å². The number of hydrogen-bond donors (Lipinski definition) is 0. The highest BCUT2D eigenvalue weighted by molar-refractivity contribution is 5.94. The van der Waals surface area contributed by atoms with Crippen molar-refractivity contribution in [3.63, 3.8) is 0 Å². The summed E-state index contributed by atoms with van der Waals surface area (Å²) in [5, 5.41) is 0. The minimum atomic E-state index is -0.409. The van der Waals surface area contributed by atoms with Gasteiger partial charge in [-0.1, -0.05) is 0 Å². The van der Waals surface area contributed by atoms with Crippen molar-refractivity contribution >= 4 is 23.8 Å². The van der Waals surface area contributed by atoms with Gasteiger partial charge < -0.3 is 4.74 Å². The monoisotopic (exact) mass is 246 g/mol. The standard InChI is InChI=1S/C13H14N2O3/c1-18-13(17)7-5-10-4-6-11(14-9-10)15-8-2-3-12(15)16/h4-7,9H,2-3,8H2,1H3. The molecule has 2 rings (SSSR count). The van der Waals surface area contributed by atoms with Gasteiger partial charge in [0.05, 0.1) is 7.11 Å². The van der Waals surface area contributed by atoms with Crippen molar-refractivity contribution in [2.45, 2.75) is 12.8 Å². The van der Waals surface area contributed by atoms with Crippen LogP contribution in [0.3, 0.4) is 0 Å². The summed E-state index contributed by atoms with van der Waals surface area (Å²) in [4.78, 5) is 28.3. The normalized spacial score (nSPS) is 15.4. The molecule has 0 saturated carbocycles. The summed E-state index contributed by atoms with van der Waals surface area (Å²) in [6.45, 7) is 0.725. The first-order valence-electron chi connectivity index (χ1n) is 5.73. The average Bonchev–Trinajstić information content (AvgIpc) is 2.83. The second kappa shape index (κ2) is 5.44. The topological polar surface area (TPSA) is 59.5 Å². The number of hydrogen-bond acceptors (Lipinski definition) is 4. The van der Waals surface area contributed by atoms with Crippen LogP contribution in [0.2, 0.25) is 0 Å². The molecule has 1 amide bonds. The van der Waals surface area contributed by atoms with E-state index < -0.39 is 5.97 Å². The van der Waals surface area contributed by atoms with Crippen LogP contribution in [0.4, 0.5) is 5.82 Å². The van der Waals surface area contributed by atoms with Gasteiger partial charge in [0.2, 0.25) is 5.91 Å². The van der Waals surface area contributed by atoms with Crippen LogP contribution in [0.15, 0.2) is 24.4 Å². The summed E-state index contributed by atoms with van der Waals surface area (Å²) in [6.07, 6.45) is 6.04. The van der Waals surface area contributed by atoms with Gasteiger partial charge in [0.1, 0.15) is 5.82 Å². The van der Waals surface area contributed by atoms with Crippen molar-refractivity contribution in [1.29, 1.82) is 0 Å². The molecule has 1 aromatic heterocycles. The maximum atomic E-state index is 11.5. The Morgan fingerprint density at radius 1 is 1.50 bits per heavy atom. The highest BCUT2D eigenvalue weighted by Crippen LogP contribution is 2.19. The SMILES string of the molecule is COC(=O)C=Cc1ccc(N2CCCC2=O)nc1. The molecule has 0 aromatic carbocycles. The zero-order chi connectivity index (χ0) is 13.0. The van der Waals surface area contributed by atoms with Gasteiger partial charge in [-0.05, 0) is 30.2 Å². The number of carbonyl (C=O) groups excluding carboxylic acids is 2. The van der Waals surface area contributed by atoms with E-state index in [1.54, 1.807) is 23.2 Å². The first kappa shape index (κ1) is 12.3. The van der Waals surface area contributed by atoms with Crippen LogP contribution in [0, 0.1) is 0 Å². The molecule has 0 aliphatic carbocycles. The second-order valence-electron chi connectivity index (χ2n) is 3.96. The number of pyridine rings is 1. The summed E-state index contributed by atoms with van der Waals surface area (Å²) in [5.41, 5.74) is 0.788. The molecule has 0 atom stereocenters. The van der Waals surface area contributed by atoms with E-state index in [2.05, 4.69) is 9.72 Å². The molecule has 1 aromatic rings. The fourth-order valence-corrected chi connectivity index (χ4v) is 1.78. The van der Waals surface area contributed by atoms with E-state index in [-0.39, 0.29) is 5.91 Å². The highest BCUT2D eigenvalue weighted by Gasteiger charge is 2.22. The van der Waals surface area contributed by atoms with Crippen LogP contribution in [0.1, 0.15) is 18.4 Å². The van der Waals surface area contributed by atoms with Crippen LogP contribution in [0.25, 0.3) is 6.08 Å². The van der Waals surface area contributed by atoms with Crippen LogP contribution in [0.5, 0.6) is 0 Å². The Hall–Kier alpha value is -2.17. The molecule has 0 bridgehead atoms. The van der Waals surface area contributed by atoms with E-state index in [1.165, 1.54) is 13.2 Å². The third-order valence-corrected chi connectivity index (χ3v) is 2.73. The number of esters is 1. The van der Waals surface area contributed by atoms with Crippen LogP contribution in [-0.2, 0) is 14.3 Å². The predicted octanol–water partition coefficient (Wildman–Crippen LogP) is 1.39. The van der Waals surface area contributed by atoms with Gasteiger partial charge in [0.25, 0.3) is 0 Å². The van der Waals surface area contributed by atoms with Gasteiger partial charge in [-0.25, -0.2) is 9.78 Å². The number of aromatic nitrogens is 1. The van der Waals surface area contributed by atoms with Crippen LogP contribution in [-0.4, -0.2) is 30.5 Å². The van der Waals surface area contributed by atoms with Crippen molar-refractivity contribution in [3.05, 3.63) is 30.0 Å². The Morgan fingerprint density at radius 2 is 2.33 bits per heavy atom. The lowest BCUT2D eigenvalue weighted by Gasteiger charge is -2.13. The zero-order valence-electron chi connectivity index (χ0n) is 10.1. The summed E-state index contributed by atoms with van der Waals surface area (Å²) in [5.74, 6) is 0.363.